The van der Waals surface area contributed by atoms with Crippen molar-refractivity contribution >= 4 is 29.0 Å². The lowest BCUT2D eigenvalue weighted by atomic mass is 10.2. The minimum atomic E-state index is -0.0743. The molecular weight excluding hydrogens is 386 g/mol. The highest BCUT2D eigenvalue weighted by Crippen LogP contribution is 2.19. The van der Waals surface area contributed by atoms with Crippen LogP contribution in [0.5, 0.6) is 0 Å². The van der Waals surface area contributed by atoms with E-state index in [-0.39, 0.29) is 12.3 Å². The number of benzene rings is 1. The Morgan fingerprint density at radius 1 is 1.10 bits per heavy atom. The number of hydrogen-bond donors (Lipinski definition) is 1. The Morgan fingerprint density at radius 3 is 2.72 bits per heavy atom. The average Bonchev–Trinajstić information content (AvgIpc) is 3.28. The van der Waals surface area contributed by atoms with E-state index in [0.717, 1.165) is 22.0 Å². The maximum atomic E-state index is 12.4. The average molecular weight is 408 g/mol. The van der Waals surface area contributed by atoms with Crippen LogP contribution in [-0.4, -0.2) is 41.8 Å². The standard InChI is InChI=1S/C20H21N7OS/c1-13-11-14(2)26(24-13)19-8-7-17-22-23-18(27(17)25-19)9-10-20(28)21-15-5-4-6-16(12-15)29-3/h4-8,11-12H,9-10H2,1-3H3,(H,21,28). The predicted octanol–water partition coefficient (Wildman–Crippen LogP) is 3.22. The van der Waals surface area contributed by atoms with Crippen molar-refractivity contribution in [1.29, 1.82) is 0 Å². The first-order chi connectivity index (χ1) is 14.0. The summed E-state index contributed by atoms with van der Waals surface area (Å²) in [7, 11) is 0. The summed E-state index contributed by atoms with van der Waals surface area (Å²) in [4.78, 5) is 13.5. The number of nitrogens with zero attached hydrogens (tertiary/aromatic N) is 6. The van der Waals surface area contributed by atoms with Gasteiger partial charge in [0.2, 0.25) is 5.91 Å². The third kappa shape index (κ3) is 4.14. The largest absolute Gasteiger partial charge is 0.326 e. The number of rotatable bonds is 6. The molecule has 29 heavy (non-hydrogen) atoms. The highest BCUT2D eigenvalue weighted by atomic mass is 32.2. The molecule has 1 N–H and O–H groups in total. The van der Waals surface area contributed by atoms with E-state index in [9.17, 15) is 4.79 Å². The monoisotopic (exact) mass is 407 g/mol. The van der Waals surface area contributed by atoms with Crippen LogP contribution in [0.15, 0.2) is 47.4 Å². The van der Waals surface area contributed by atoms with Gasteiger partial charge in [-0.2, -0.15) is 9.61 Å². The first-order valence-corrected chi connectivity index (χ1v) is 10.4. The van der Waals surface area contributed by atoms with Gasteiger partial charge >= 0.3 is 0 Å². The molecule has 148 valence electrons. The maximum Gasteiger partial charge on any atom is 0.224 e. The summed E-state index contributed by atoms with van der Waals surface area (Å²) in [6, 6.07) is 13.5. The van der Waals surface area contributed by atoms with E-state index < -0.39 is 0 Å². The van der Waals surface area contributed by atoms with Crippen molar-refractivity contribution in [2.45, 2.75) is 31.6 Å². The van der Waals surface area contributed by atoms with Crippen LogP contribution in [0.1, 0.15) is 23.6 Å². The summed E-state index contributed by atoms with van der Waals surface area (Å²) in [5.74, 6) is 1.24. The number of thioether (sulfide) groups is 1. The molecule has 0 unspecified atom stereocenters. The second-order valence-corrected chi connectivity index (χ2v) is 7.58. The number of amides is 1. The molecule has 3 heterocycles. The molecule has 0 spiro atoms. The van der Waals surface area contributed by atoms with E-state index in [2.05, 4.69) is 25.7 Å². The molecule has 0 aliphatic heterocycles. The highest BCUT2D eigenvalue weighted by molar-refractivity contribution is 7.98. The number of carbonyl (C=O) groups excluding carboxylic acids is 1. The van der Waals surface area contributed by atoms with Gasteiger partial charge < -0.3 is 5.32 Å². The Kier molecular flexibility index (Phi) is 5.30. The third-order valence-electron chi connectivity index (χ3n) is 4.47. The quantitative estimate of drug-likeness (QED) is 0.494. The van der Waals surface area contributed by atoms with Crippen molar-refractivity contribution in [3.63, 3.8) is 0 Å². The fourth-order valence-corrected chi connectivity index (χ4v) is 3.56. The second kappa shape index (κ2) is 8.04. The van der Waals surface area contributed by atoms with Gasteiger partial charge in [-0.1, -0.05) is 6.07 Å². The van der Waals surface area contributed by atoms with E-state index in [1.54, 1.807) is 21.0 Å². The second-order valence-electron chi connectivity index (χ2n) is 6.70. The summed E-state index contributed by atoms with van der Waals surface area (Å²) in [5, 5.41) is 20.4. The van der Waals surface area contributed by atoms with Crippen molar-refractivity contribution in [2.24, 2.45) is 0 Å². The first-order valence-electron chi connectivity index (χ1n) is 9.22. The molecule has 4 rings (SSSR count). The molecule has 0 saturated carbocycles. The summed E-state index contributed by atoms with van der Waals surface area (Å²) in [6.45, 7) is 3.93. The Balaban J connectivity index is 1.50. The molecule has 0 bridgehead atoms. The summed E-state index contributed by atoms with van der Waals surface area (Å²) in [6.07, 6.45) is 2.73. The van der Waals surface area contributed by atoms with Crippen LogP contribution in [0, 0.1) is 13.8 Å². The van der Waals surface area contributed by atoms with Crippen molar-refractivity contribution in [2.75, 3.05) is 11.6 Å². The van der Waals surface area contributed by atoms with Gasteiger partial charge in [0, 0.05) is 29.1 Å². The Bertz CT molecular complexity index is 1180. The molecule has 1 amide bonds. The van der Waals surface area contributed by atoms with Crippen LogP contribution >= 0.6 is 11.8 Å². The van der Waals surface area contributed by atoms with Crippen LogP contribution in [0.2, 0.25) is 0 Å². The minimum Gasteiger partial charge on any atom is -0.326 e. The number of nitrogens with one attached hydrogen (secondary N) is 1. The molecule has 4 aromatic rings. The van der Waals surface area contributed by atoms with Gasteiger partial charge in [0.15, 0.2) is 17.3 Å². The summed E-state index contributed by atoms with van der Waals surface area (Å²) < 4.78 is 3.46. The number of fused-ring (bicyclic) bond motifs is 1. The number of hydrogen-bond acceptors (Lipinski definition) is 6. The molecule has 3 aromatic heterocycles. The lowest BCUT2D eigenvalue weighted by Crippen LogP contribution is -2.14. The van der Waals surface area contributed by atoms with Gasteiger partial charge in [0.25, 0.3) is 0 Å². The van der Waals surface area contributed by atoms with Gasteiger partial charge in [-0.25, -0.2) is 4.68 Å². The van der Waals surface area contributed by atoms with Gasteiger partial charge in [-0.05, 0) is 56.5 Å². The van der Waals surface area contributed by atoms with E-state index in [4.69, 9.17) is 0 Å². The smallest absolute Gasteiger partial charge is 0.224 e. The number of anilines is 1. The Labute approximate surface area is 172 Å². The first kappa shape index (κ1) is 19.1. The summed E-state index contributed by atoms with van der Waals surface area (Å²) in [5.41, 5.74) is 3.35. The number of aryl methyl sites for hydroxylation is 3. The van der Waals surface area contributed by atoms with Gasteiger partial charge in [0.05, 0.1) is 5.69 Å². The molecule has 9 heteroatoms. The zero-order valence-electron chi connectivity index (χ0n) is 16.5. The summed E-state index contributed by atoms with van der Waals surface area (Å²) >= 11 is 1.64. The van der Waals surface area contributed by atoms with Gasteiger partial charge in [-0.3, -0.25) is 4.79 Å². The highest BCUT2D eigenvalue weighted by Gasteiger charge is 2.12. The van der Waals surface area contributed by atoms with E-state index in [1.165, 1.54) is 0 Å². The van der Waals surface area contributed by atoms with Crippen LogP contribution in [0.3, 0.4) is 0 Å². The van der Waals surface area contributed by atoms with Gasteiger partial charge in [-0.15, -0.1) is 27.1 Å². The van der Waals surface area contributed by atoms with Crippen molar-refractivity contribution < 1.29 is 4.79 Å². The van der Waals surface area contributed by atoms with Crippen LogP contribution in [0.4, 0.5) is 5.69 Å². The fraction of sp³-hybridized carbons (Fsp3) is 0.250. The zero-order valence-corrected chi connectivity index (χ0v) is 17.3. The van der Waals surface area contributed by atoms with E-state index in [1.807, 2.05) is 62.6 Å². The van der Waals surface area contributed by atoms with Crippen molar-refractivity contribution in [3.05, 3.63) is 59.7 Å². The molecule has 8 nitrogen and oxygen atoms in total. The molecule has 0 aliphatic carbocycles. The lowest BCUT2D eigenvalue weighted by molar-refractivity contribution is -0.116. The lowest BCUT2D eigenvalue weighted by Gasteiger charge is -2.07. The topological polar surface area (TPSA) is 90.0 Å². The maximum absolute atomic E-state index is 12.4. The van der Waals surface area contributed by atoms with E-state index >= 15 is 0 Å². The number of aromatic nitrogens is 6. The zero-order chi connectivity index (χ0) is 20.4. The third-order valence-corrected chi connectivity index (χ3v) is 5.19. The molecule has 0 fully saturated rings. The molecule has 0 radical (unpaired) electrons. The predicted molar refractivity (Wildman–Crippen MR) is 113 cm³/mol. The molecular formula is C20H21N7OS. The number of carbonyl (C=O) groups is 1. The Morgan fingerprint density at radius 2 is 1.97 bits per heavy atom. The Hall–Kier alpha value is -3.20. The van der Waals surface area contributed by atoms with Crippen LogP contribution < -0.4 is 5.32 Å². The fourth-order valence-electron chi connectivity index (χ4n) is 3.10. The van der Waals surface area contributed by atoms with Gasteiger partial charge in [0.1, 0.15) is 0 Å². The SMILES string of the molecule is CSc1cccc(NC(=O)CCc2nnc3ccc(-n4nc(C)cc4C)nn23)c1. The molecule has 0 atom stereocenters. The minimum absolute atomic E-state index is 0.0743. The normalized spacial score (nSPS) is 11.1. The molecule has 1 aromatic carbocycles. The van der Waals surface area contributed by atoms with Crippen molar-refractivity contribution in [1.82, 2.24) is 29.6 Å². The molecule has 0 saturated heterocycles. The molecule has 0 aliphatic rings. The van der Waals surface area contributed by atoms with Crippen molar-refractivity contribution in [3.8, 4) is 5.82 Å². The van der Waals surface area contributed by atoms with Crippen LogP contribution in [0.25, 0.3) is 11.5 Å². The van der Waals surface area contributed by atoms with E-state index in [0.29, 0.717) is 23.7 Å². The van der Waals surface area contributed by atoms with Crippen LogP contribution in [-0.2, 0) is 11.2 Å².